The highest BCUT2D eigenvalue weighted by molar-refractivity contribution is 7.89. The Bertz CT molecular complexity index is 930. The standard InChI is InChI=1S/C16H15ClN2O5S/c1-18-25(21,22)11-3-4-13(17)12(9-11)16(20)19-10-2-5-14-15(8-10)24-7-6-23-14/h2-5,8-9,18H,6-7H2,1H3,(H,19,20). The molecule has 2 aromatic rings. The van der Waals surface area contributed by atoms with Crippen molar-refractivity contribution >= 4 is 33.2 Å². The first kappa shape index (κ1) is 17.5. The van der Waals surface area contributed by atoms with Crippen molar-refractivity contribution in [1.29, 1.82) is 0 Å². The molecule has 132 valence electrons. The molecule has 0 spiro atoms. The molecule has 2 aromatic carbocycles. The predicted octanol–water partition coefficient (Wildman–Crippen LogP) is 2.27. The highest BCUT2D eigenvalue weighted by atomic mass is 35.5. The molecule has 0 saturated heterocycles. The fourth-order valence-corrected chi connectivity index (χ4v) is 3.24. The fourth-order valence-electron chi connectivity index (χ4n) is 2.28. The summed E-state index contributed by atoms with van der Waals surface area (Å²) in [5.74, 6) is 0.598. The Morgan fingerprint density at radius 2 is 1.80 bits per heavy atom. The molecule has 2 N–H and O–H groups in total. The van der Waals surface area contributed by atoms with E-state index >= 15 is 0 Å². The highest BCUT2D eigenvalue weighted by Gasteiger charge is 2.18. The number of nitrogens with one attached hydrogen (secondary N) is 2. The van der Waals surface area contributed by atoms with E-state index < -0.39 is 15.9 Å². The van der Waals surface area contributed by atoms with Gasteiger partial charge in [-0.15, -0.1) is 0 Å². The van der Waals surface area contributed by atoms with Gasteiger partial charge in [0.25, 0.3) is 5.91 Å². The van der Waals surface area contributed by atoms with Gasteiger partial charge >= 0.3 is 0 Å². The molecule has 0 aromatic heterocycles. The van der Waals surface area contributed by atoms with Gasteiger partial charge in [-0.2, -0.15) is 0 Å². The average Bonchev–Trinajstić information content (AvgIpc) is 2.61. The van der Waals surface area contributed by atoms with Crippen molar-refractivity contribution in [1.82, 2.24) is 4.72 Å². The Hall–Kier alpha value is -2.29. The predicted molar refractivity (Wildman–Crippen MR) is 93.1 cm³/mol. The van der Waals surface area contributed by atoms with E-state index in [-0.39, 0.29) is 15.5 Å². The summed E-state index contributed by atoms with van der Waals surface area (Å²) in [6.45, 7) is 0.904. The first-order valence-corrected chi connectivity index (χ1v) is 9.21. The second kappa shape index (κ2) is 6.91. The minimum Gasteiger partial charge on any atom is -0.486 e. The van der Waals surface area contributed by atoms with Crippen LogP contribution in [0.15, 0.2) is 41.3 Å². The Kier molecular flexibility index (Phi) is 4.85. The molecule has 25 heavy (non-hydrogen) atoms. The zero-order valence-corrected chi connectivity index (χ0v) is 14.8. The molecule has 0 saturated carbocycles. The summed E-state index contributed by atoms with van der Waals surface area (Å²) in [7, 11) is -2.39. The highest BCUT2D eigenvalue weighted by Crippen LogP contribution is 2.33. The monoisotopic (exact) mass is 382 g/mol. The maximum atomic E-state index is 12.5. The maximum absolute atomic E-state index is 12.5. The fraction of sp³-hybridized carbons (Fsp3) is 0.188. The number of hydrogen-bond acceptors (Lipinski definition) is 5. The van der Waals surface area contributed by atoms with Crippen LogP contribution in [0.3, 0.4) is 0 Å². The lowest BCUT2D eigenvalue weighted by molar-refractivity contribution is 0.102. The van der Waals surface area contributed by atoms with Crippen molar-refractivity contribution in [2.45, 2.75) is 4.90 Å². The lowest BCUT2D eigenvalue weighted by Gasteiger charge is -2.19. The molecule has 1 amide bonds. The van der Waals surface area contributed by atoms with E-state index in [2.05, 4.69) is 10.0 Å². The third-order valence-corrected chi connectivity index (χ3v) is 5.30. The quantitative estimate of drug-likeness (QED) is 0.846. The van der Waals surface area contributed by atoms with Crippen LogP contribution >= 0.6 is 11.6 Å². The van der Waals surface area contributed by atoms with Crippen LogP contribution in [0.2, 0.25) is 5.02 Å². The molecule has 0 radical (unpaired) electrons. The second-order valence-corrected chi connectivity index (χ2v) is 7.46. The minimum absolute atomic E-state index is 0.0490. The van der Waals surface area contributed by atoms with Crippen LogP contribution < -0.4 is 19.5 Å². The molecule has 1 heterocycles. The summed E-state index contributed by atoms with van der Waals surface area (Å²) in [6, 6.07) is 8.90. The van der Waals surface area contributed by atoms with Gasteiger partial charge in [0.15, 0.2) is 11.5 Å². The Morgan fingerprint density at radius 1 is 1.08 bits per heavy atom. The number of ether oxygens (including phenoxy) is 2. The van der Waals surface area contributed by atoms with Crippen LogP contribution in [0.1, 0.15) is 10.4 Å². The van der Waals surface area contributed by atoms with E-state index in [1.54, 1.807) is 18.2 Å². The van der Waals surface area contributed by atoms with Crippen LogP contribution in [0, 0.1) is 0 Å². The summed E-state index contributed by atoms with van der Waals surface area (Å²) in [4.78, 5) is 12.4. The molecule has 0 fully saturated rings. The van der Waals surface area contributed by atoms with Gasteiger partial charge in [0.1, 0.15) is 13.2 Å². The molecular formula is C16H15ClN2O5S. The largest absolute Gasteiger partial charge is 0.486 e. The number of sulfonamides is 1. The Morgan fingerprint density at radius 3 is 2.52 bits per heavy atom. The molecule has 7 nitrogen and oxygen atoms in total. The van der Waals surface area contributed by atoms with Gasteiger partial charge in [0, 0.05) is 11.8 Å². The summed E-state index contributed by atoms with van der Waals surface area (Å²) >= 11 is 6.05. The number of anilines is 1. The second-order valence-electron chi connectivity index (χ2n) is 5.16. The molecule has 0 bridgehead atoms. The summed E-state index contributed by atoms with van der Waals surface area (Å²) < 4.78 is 36.9. The molecule has 9 heteroatoms. The molecular weight excluding hydrogens is 368 g/mol. The Labute approximate surface area is 149 Å². The van der Waals surface area contributed by atoms with Gasteiger partial charge in [-0.25, -0.2) is 13.1 Å². The van der Waals surface area contributed by atoms with E-state index in [0.717, 1.165) is 0 Å². The van der Waals surface area contributed by atoms with Gasteiger partial charge in [-0.1, -0.05) is 11.6 Å². The van der Waals surface area contributed by atoms with Crippen molar-refractivity contribution in [3.05, 3.63) is 47.0 Å². The molecule has 0 aliphatic carbocycles. The third-order valence-electron chi connectivity index (χ3n) is 3.56. The van der Waals surface area contributed by atoms with E-state index in [1.165, 1.54) is 25.2 Å². The Balaban J connectivity index is 1.87. The van der Waals surface area contributed by atoms with Gasteiger partial charge < -0.3 is 14.8 Å². The minimum atomic E-state index is -3.68. The molecule has 1 aliphatic rings. The first-order chi connectivity index (χ1) is 11.9. The number of benzene rings is 2. The van der Waals surface area contributed by atoms with Crippen molar-refractivity contribution in [2.75, 3.05) is 25.6 Å². The van der Waals surface area contributed by atoms with Gasteiger partial charge in [0.2, 0.25) is 10.0 Å². The van der Waals surface area contributed by atoms with Crippen LogP contribution in [-0.4, -0.2) is 34.6 Å². The molecule has 3 rings (SSSR count). The van der Waals surface area contributed by atoms with Gasteiger partial charge in [-0.05, 0) is 37.4 Å². The van der Waals surface area contributed by atoms with Gasteiger partial charge in [-0.3, -0.25) is 4.79 Å². The first-order valence-electron chi connectivity index (χ1n) is 7.35. The summed E-state index contributed by atoms with van der Waals surface area (Å²) in [5.41, 5.74) is 0.528. The van der Waals surface area contributed by atoms with Crippen LogP contribution in [0.25, 0.3) is 0 Å². The van der Waals surface area contributed by atoms with Crippen LogP contribution in [-0.2, 0) is 10.0 Å². The van der Waals surface area contributed by atoms with Crippen molar-refractivity contribution in [2.24, 2.45) is 0 Å². The molecule has 1 aliphatic heterocycles. The van der Waals surface area contributed by atoms with Crippen molar-refractivity contribution in [3.63, 3.8) is 0 Å². The normalized spacial score (nSPS) is 13.4. The van der Waals surface area contributed by atoms with E-state index in [1.807, 2.05) is 0 Å². The number of hydrogen-bond donors (Lipinski definition) is 2. The molecule has 0 unspecified atom stereocenters. The summed E-state index contributed by atoms with van der Waals surface area (Å²) in [5, 5.41) is 2.82. The van der Waals surface area contributed by atoms with Crippen molar-refractivity contribution < 1.29 is 22.7 Å². The SMILES string of the molecule is CNS(=O)(=O)c1ccc(Cl)c(C(=O)Nc2ccc3c(c2)OCCO3)c1. The molecule has 0 atom stereocenters. The zero-order valence-electron chi connectivity index (χ0n) is 13.2. The van der Waals surface area contributed by atoms with Gasteiger partial charge in [0.05, 0.1) is 15.5 Å². The van der Waals surface area contributed by atoms with Crippen LogP contribution in [0.4, 0.5) is 5.69 Å². The lowest BCUT2D eigenvalue weighted by Crippen LogP contribution is -2.20. The lowest BCUT2D eigenvalue weighted by atomic mass is 10.2. The van der Waals surface area contributed by atoms with E-state index in [0.29, 0.717) is 30.4 Å². The van der Waals surface area contributed by atoms with Crippen LogP contribution in [0.5, 0.6) is 11.5 Å². The number of fused-ring (bicyclic) bond motifs is 1. The maximum Gasteiger partial charge on any atom is 0.257 e. The van der Waals surface area contributed by atoms with E-state index in [9.17, 15) is 13.2 Å². The number of halogens is 1. The number of rotatable bonds is 4. The third kappa shape index (κ3) is 3.71. The smallest absolute Gasteiger partial charge is 0.257 e. The number of amides is 1. The number of carbonyl (C=O) groups excluding carboxylic acids is 1. The van der Waals surface area contributed by atoms with E-state index in [4.69, 9.17) is 21.1 Å². The average molecular weight is 383 g/mol. The zero-order chi connectivity index (χ0) is 18.0. The summed E-state index contributed by atoms with van der Waals surface area (Å²) in [6.07, 6.45) is 0. The topological polar surface area (TPSA) is 93.7 Å². The number of carbonyl (C=O) groups is 1. The van der Waals surface area contributed by atoms with Crippen molar-refractivity contribution in [3.8, 4) is 11.5 Å².